The molecule has 2 aromatic rings. The third kappa shape index (κ3) is 7.04. The van der Waals surface area contributed by atoms with Crippen molar-refractivity contribution in [3.8, 4) is 11.5 Å². The van der Waals surface area contributed by atoms with Gasteiger partial charge in [0.05, 0.1) is 19.3 Å². The molecule has 124 valence electrons. The van der Waals surface area contributed by atoms with Crippen LogP contribution in [-0.2, 0) is 9.47 Å². The van der Waals surface area contributed by atoms with Gasteiger partial charge in [-0.05, 0) is 43.3 Å². The van der Waals surface area contributed by atoms with Crippen molar-refractivity contribution in [1.82, 2.24) is 0 Å². The van der Waals surface area contributed by atoms with Crippen molar-refractivity contribution in [2.45, 2.75) is 6.92 Å². The number of phenols is 2. The fourth-order valence-electron chi connectivity index (χ4n) is 1.57. The molecule has 2 aromatic carbocycles. The summed E-state index contributed by atoms with van der Waals surface area (Å²) in [5, 5.41) is 18.0. The molecule has 0 aliphatic carbocycles. The van der Waals surface area contributed by atoms with Crippen LogP contribution in [0.25, 0.3) is 0 Å². The second-order valence-electron chi connectivity index (χ2n) is 4.28. The second-order valence-corrected chi connectivity index (χ2v) is 4.28. The molecule has 7 heteroatoms. The molecule has 0 aliphatic rings. The quantitative estimate of drug-likeness (QED) is 0.655. The maximum absolute atomic E-state index is 11.1. The van der Waals surface area contributed by atoms with E-state index in [9.17, 15) is 9.59 Å². The summed E-state index contributed by atoms with van der Waals surface area (Å²) in [6.07, 6.45) is 0. The van der Waals surface area contributed by atoms with Gasteiger partial charge in [0, 0.05) is 0 Å². The van der Waals surface area contributed by atoms with Crippen molar-refractivity contribution in [2.75, 3.05) is 13.7 Å². The van der Waals surface area contributed by atoms with E-state index in [0.717, 1.165) is 0 Å². The van der Waals surface area contributed by atoms with Gasteiger partial charge >= 0.3 is 41.5 Å². The zero-order valence-corrected chi connectivity index (χ0v) is 12.9. The molecule has 0 heterocycles. The molecule has 0 fully saturated rings. The Balaban J connectivity index is 0.000000425. The number of ether oxygens (including phenoxy) is 2. The summed E-state index contributed by atoms with van der Waals surface area (Å²) < 4.78 is 9.17. The van der Waals surface area contributed by atoms with E-state index in [4.69, 9.17) is 14.9 Å². The number of rotatable bonds is 3. The van der Waals surface area contributed by atoms with Gasteiger partial charge in [-0.25, -0.2) is 9.59 Å². The number of phenolic OH excluding ortho intramolecular Hbond substituents is 2. The molecule has 0 saturated heterocycles. The Morgan fingerprint density at radius 3 is 2.04 bits per heavy atom. The molecule has 0 aromatic heterocycles. The van der Waals surface area contributed by atoms with Gasteiger partial charge < -0.3 is 19.7 Å². The van der Waals surface area contributed by atoms with E-state index in [-0.39, 0.29) is 52.6 Å². The fourth-order valence-corrected chi connectivity index (χ4v) is 1.57. The second kappa shape index (κ2) is 11.5. The van der Waals surface area contributed by atoms with Gasteiger partial charge in [-0.1, -0.05) is 12.1 Å². The van der Waals surface area contributed by atoms with Gasteiger partial charge in [0.15, 0.2) is 0 Å². The maximum atomic E-state index is 11.1. The first-order valence-electron chi connectivity index (χ1n) is 6.82. The Morgan fingerprint density at radius 1 is 0.958 bits per heavy atom. The Bertz CT molecular complexity index is 654. The topological polar surface area (TPSA) is 93.1 Å². The average Bonchev–Trinajstić information content (AvgIpc) is 2.56. The number of benzene rings is 2. The van der Waals surface area contributed by atoms with Crippen molar-refractivity contribution in [3.63, 3.8) is 0 Å². The molecule has 6 nitrogen and oxygen atoms in total. The molecule has 0 amide bonds. The molecule has 0 spiro atoms. The molecule has 0 unspecified atom stereocenters. The molecule has 0 atom stereocenters. The molecule has 0 aliphatic heterocycles. The minimum absolute atomic E-state index is 0. The van der Waals surface area contributed by atoms with Crippen LogP contribution in [0.2, 0.25) is 0 Å². The van der Waals surface area contributed by atoms with Crippen molar-refractivity contribution in [1.29, 1.82) is 0 Å². The normalized spacial score (nSPS) is 8.92. The number of carbonyl (C=O) groups is 2. The monoisotopic (exact) mass is 342 g/mol. The Kier molecular flexibility index (Phi) is 10.5. The molecule has 0 radical (unpaired) electrons. The number of para-hydroxylation sites is 1. The predicted molar refractivity (Wildman–Crippen MR) is 90.7 cm³/mol. The number of aromatic hydroxyl groups is 2. The zero-order chi connectivity index (χ0) is 17.2. The molecular weight excluding hydrogens is 323 g/mol. The summed E-state index contributed by atoms with van der Waals surface area (Å²) in [6.45, 7) is 2.11. The third-order valence-electron chi connectivity index (χ3n) is 2.69. The Morgan fingerprint density at radius 2 is 1.54 bits per heavy atom. The van der Waals surface area contributed by atoms with Gasteiger partial charge in [0.2, 0.25) is 0 Å². The number of carbonyl (C=O) groups excluding carboxylic acids is 2. The van der Waals surface area contributed by atoms with Crippen molar-refractivity contribution in [3.05, 3.63) is 59.7 Å². The summed E-state index contributed by atoms with van der Waals surface area (Å²) in [5.74, 6) is -0.803. The van der Waals surface area contributed by atoms with Crippen LogP contribution in [0.15, 0.2) is 48.5 Å². The molecular formula is C17H19NaO6. The Labute approximate surface area is 162 Å². The van der Waals surface area contributed by atoms with Crippen LogP contribution in [-0.4, -0.2) is 65.4 Å². The van der Waals surface area contributed by atoms with Gasteiger partial charge in [-0.15, -0.1) is 0 Å². The van der Waals surface area contributed by atoms with Crippen LogP contribution in [0, 0.1) is 0 Å². The first kappa shape index (κ1) is 22.0. The molecule has 24 heavy (non-hydrogen) atoms. The van der Waals surface area contributed by atoms with Gasteiger partial charge in [-0.2, -0.15) is 0 Å². The van der Waals surface area contributed by atoms with E-state index in [1.54, 1.807) is 19.1 Å². The van der Waals surface area contributed by atoms with Crippen molar-refractivity contribution in [2.24, 2.45) is 0 Å². The molecule has 2 N–H and O–H groups in total. The summed E-state index contributed by atoms with van der Waals surface area (Å²) in [7, 11) is 1.27. The van der Waals surface area contributed by atoms with E-state index >= 15 is 0 Å². The van der Waals surface area contributed by atoms with E-state index in [2.05, 4.69) is 4.74 Å². The number of methoxy groups -OCH3 is 1. The molecule has 0 bridgehead atoms. The Hall–Kier alpha value is -2.02. The summed E-state index contributed by atoms with van der Waals surface area (Å²) in [5.41, 5.74) is 0.643. The first-order valence-corrected chi connectivity index (χ1v) is 6.82. The van der Waals surface area contributed by atoms with E-state index in [1.165, 1.54) is 43.5 Å². The first-order chi connectivity index (χ1) is 11.0. The number of esters is 2. The van der Waals surface area contributed by atoms with Crippen LogP contribution in [0.3, 0.4) is 0 Å². The summed E-state index contributed by atoms with van der Waals surface area (Å²) >= 11 is 0. The SMILES string of the molecule is CCOC(=O)c1ccc(O)cc1.COC(=O)c1ccccc1O.[NaH]. The summed E-state index contributed by atoms with van der Waals surface area (Å²) in [4.78, 5) is 21.9. The van der Waals surface area contributed by atoms with Crippen molar-refractivity contribution < 1.29 is 29.3 Å². The minimum atomic E-state index is -0.525. The molecule has 2 rings (SSSR count). The predicted octanol–water partition coefficient (Wildman–Crippen LogP) is 2.10. The number of hydrogen-bond donors (Lipinski definition) is 2. The fraction of sp³-hybridized carbons (Fsp3) is 0.176. The standard InChI is InChI=1S/C9H10O3.C8H8O3.Na.H/c1-2-12-9(11)7-3-5-8(10)6-4-7;1-11-8(10)6-4-2-3-5-7(6)9;;/h3-6,10H,2H2,1H3;2-5,9H,1H3;;. The van der Waals surface area contributed by atoms with Crippen molar-refractivity contribution >= 4 is 41.5 Å². The van der Waals surface area contributed by atoms with Gasteiger partial charge in [-0.3, -0.25) is 0 Å². The van der Waals surface area contributed by atoms with E-state index in [0.29, 0.717) is 12.2 Å². The van der Waals surface area contributed by atoms with E-state index in [1.807, 2.05) is 0 Å². The van der Waals surface area contributed by atoms with E-state index < -0.39 is 5.97 Å². The average molecular weight is 342 g/mol. The summed E-state index contributed by atoms with van der Waals surface area (Å²) in [6, 6.07) is 12.2. The third-order valence-corrected chi connectivity index (χ3v) is 2.69. The van der Waals surface area contributed by atoms with Gasteiger partial charge in [0.25, 0.3) is 0 Å². The number of hydrogen-bond acceptors (Lipinski definition) is 6. The van der Waals surface area contributed by atoms with Crippen LogP contribution in [0.4, 0.5) is 0 Å². The van der Waals surface area contributed by atoms with Crippen LogP contribution >= 0.6 is 0 Å². The van der Waals surface area contributed by atoms with Crippen LogP contribution in [0.5, 0.6) is 11.5 Å². The van der Waals surface area contributed by atoms with Gasteiger partial charge in [0.1, 0.15) is 17.1 Å². The molecule has 0 saturated carbocycles. The van der Waals surface area contributed by atoms with Crippen LogP contribution in [0.1, 0.15) is 27.6 Å². The zero-order valence-electron chi connectivity index (χ0n) is 12.9. The van der Waals surface area contributed by atoms with Crippen LogP contribution < -0.4 is 0 Å².